The molecule has 2 N–H and O–H groups in total. The Kier molecular flexibility index (Phi) is 4.96. The van der Waals surface area contributed by atoms with Gasteiger partial charge in [0.05, 0.1) is 12.6 Å². The van der Waals surface area contributed by atoms with Crippen LogP contribution in [-0.2, 0) is 0 Å². The number of halogens is 1. The molecule has 0 amide bonds. The van der Waals surface area contributed by atoms with Crippen LogP contribution in [-0.4, -0.2) is 27.7 Å². The second kappa shape index (κ2) is 6.01. The molecule has 0 spiro atoms. The van der Waals surface area contributed by atoms with Gasteiger partial charge in [-0.3, -0.25) is 0 Å². The van der Waals surface area contributed by atoms with Crippen molar-refractivity contribution in [2.75, 3.05) is 11.9 Å². The SMILES string of the molecule is Cc1cnc(Cl)nc1NC(CO)CC(C)C. The first-order valence-electron chi connectivity index (χ1n) is 5.39. The molecule has 4 nitrogen and oxygen atoms in total. The molecule has 1 aromatic rings. The number of nitrogens with one attached hydrogen (secondary N) is 1. The summed E-state index contributed by atoms with van der Waals surface area (Å²) in [5.41, 5.74) is 0.923. The molecule has 1 aromatic heterocycles. The highest BCUT2D eigenvalue weighted by Crippen LogP contribution is 2.16. The number of aryl methyl sites for hydroxylation is 1. The van der Waals surface area contributed by atoms with Crippen LogP contribution in [0.5, 0.6) is 0 Å². The lowest BCUT2D eigenvalue weighted by atomic mass is 10.0. The van der Waals surface area contributed by atoms with Crippen molar-refractivity contribution in [2.24, 2.45) is 5.92 Å². The lowest BCUT2D eigenvalue weighted by Gasteiger charge is -2.19. The van der Waals surface area contributed by atoms with E-state index in [0.717, 1.165) is 12.0 Å². The molecule has 0 aromatic carbocycles. The second-order valence-electron chi connectivity index (χ2n) is 4.32. The molecule has 0 radical (unpaired) electrons. The maximum Gasteiger partial charge on any atom is 0.224 e. The molecule has 1 rings (SSSR count). The number of hydrogen-bond acceptors (Lipinski definition) is 4. The summed E-state index contributed by atoms with van der Waals surface area (Å²) in [5, 5.41) is 12.7. The van der Waals surface area contributed by atoms with E-state index in [1.54, 1.807) is 6.20 Å². The van der Waals surface area contributed by atoms with Crippen LogP contribution >= 0.6 is 11.6 Å². The number of hydrogen-bond donors (Lipinski definition) is 2. The first-order chi connectivity index (χ1) is 7.52. The molecule has 0 aliphatic carbocycles. The molecule has 90 valence electrons. The number of aliphatic hydroxyl groups is 1. The highest BCUT2D eigenvalue weighted by Gasteiger charge is 2.12. The van der Waals surface area contributed by atoms with Gasteiger partial charge in [-0.05, 0) is 30.9 Å². The van der Waals surface area contributed by atoms with Crippen molar-refractivity contribution in [1.82, 2.24) is 9.97 Å². The molecule has 0 saturated carbocycles. The third-order valence-corrected chi connectivity index (χ3v) is 2.44. The smallest absolute Gasteiger partial charge is 0.224 e. The summed E-state index contributed by atoms with van der Waals surface area (Å²) in [4.78, 5) is 7.99. The van der Waals surface area contributed by atoms with Crippen LogP contribution in [0.15, 0.2) is 6.20 Å². The zero-order chi connectivity index (χ0) is 12.1. The minimum absolute atomic E-state index is 0.00432. The Labute approximate surface area is 101 Å². The van der Waals surface area contributed by atoms with Gasteiger partial charge >= 0.3 is 0 Å². The van der Waals surface area contributed by atoms with Crippen molar-refractivity contribution in [3.8, 4) is 0 Å². The molecule has 16 heavy (non-hydrogen) atoms. The van der Waals surface area contributed by atoms with E-state index in [0.29, 0.717) is 11.7 Å². The minimum atomic E-state index is 0.00432. The first kappa shape index (κ1) is 13.2. The predicted octanol–water partition coefficient (Wildman–Crippen LogP) is 2.26. The third-order valence-electron chi connectivity index (χ3n) is 2.26. The zero-order valence-electron chi connectivity index (χ0n) is 9.87. The van der Waals surface area contributed by atoms with Gasteiger partial charge in [0, 0.05) is 11.8 Å². The summed E-state index contributed by atoms with van der Waals surface area (Å²) in [5.74, 6) is 1.21. The summed E-state index contributed by atoms with van der Waals surface area (Å²) in [7, 11) is 0. The Morgan fingerprint density at radius 1 is 1.50 bits per heavy atom. The van der Waals surface area contributed by atoms with E-state index in [1.807, 2.05) is 6.92 Å². The molecule has 1 unspecified atom stereocenters. The number of aromatic nitrogens is 2. The van der Waals surface area contributed by atoms with Gasteiger partial charge in [0.2, 0.25) is 5.28 Å². The monoisotopic (exact) mass is 243 g/mol. The van der Waals surface area contributed by atoms with Crippen LogP contribution in [0.25, 0.3) is 0 Å². The topological polar surface area (TPSA) is 58.0 Å². The highest BCUT2D eigenvalue weighted by molar-refractivity contribution is 6.28. The van der Waals surface area contributed by atoms with Crippen molar-refractivity contribution in [2.45, 2.75) is 33.2 Å². The Morgan fingerprint density at radius 2 is 2.19 bits per heavy atom. The Morgan fingerprint density at radius 3 is 2.75 bits per heavy atom. The lowest BCUT2D eigenvalue weighted by molar-refractivity contribution is 0.259. The van der Waals surface area contributed by atoms with E-state index in [-0.39, 0.29) is 17.9 Å². The quantitative estimate of drug-likeness (QED) is 0.779. The molecule has 0 fully saturated rings. The number of aliphatic hydroxyl groups excluding tert-OH is 1. The van der Waals surface area contributed by atoms with Gasteiger partial charge in [-0.2, -0.15) is 0 Å². The Hall–Kier alpha value is -0.870. The van der Waals surface area contributed by atoms with Gasteiger partial charge in [-0.15, -0.1) is 0 Å². The van der Waals surface area contributed by atoms with Crippen LogP contribution in [0.2, 0.25) is 5.28 Å². The van der Waals surface area contributed by atoms with Crippen LogP contribution < -0.4 is 5.32 Å². The van der Waals surface area contributed by atoms with Crippen molar-refractivity contribution in [3.63, 3.8) is 0 Å². The fourth-order valence-electron chi connectivity index (χ4n) is 1.51. The Balaban J connectivity index is 2.73. The van der Waals surface area contributed by atoms with Gasteiger partial charge < -0.3 is 10.4 Å². The van der Waals surface area contributed by atoms with Crippen molar-refractivity contribution in [3.05, 3.63) is 17.0 Å². The van der Waals surface area contributed by atoms with Crippen molar-refractivity contribution in [1.29, 1.82) is 0 Å². The molecule has 5 heteroatoms. The van der Waals surface area contributed by atoms with Crippen molar-refractivity contribution < 1.29 is 5.11 Å². The largest absolute Gasteiger partial charge is 0.394 e. The molecule has 0 bridgehead atoms. The zero-order valence-corrected chi connectivity index (χ0v) is 10.6. The van der Waals surface area contributed by atoms with Gasteiger partial charge in [-0.25, -0.2) is 9.97 Å². The molecule has 1 atom stereocenters. The first-order valence-corrected chi connectivity index (χ1v) is 5.77. The average molecular weight is 244 g/mol. The van der Waals surface area contributed by atoms with Crippen LogP contribution in [0.1, 0.15) is 25.8 Å². The van der Waals surface area contributed by atoms with Gasteiger partial charge in [-0.1, -0.05) is 13.8 Å². The molecule has 0 aliphatic rings. The lowest BCUT2D eigenvalue weighted by Crippen LogP contribution is -2.26. The summed E-state index contributed by atoms with van der Waals surface area (Å²) < 4.78 is 0. The molecule has 0 saturated heterocycles. The summed E-state index contributed by atoms with van der Waals surface area (Å²) >= 11 is 5.72. The maximum atomic E-state index is 9.26. The van der Waals surface area contributed by atoms with E-state index in [9.17, 15) is 5.11 Å². The van der Waals surface area contributed by atoms with Gasteiger partial charge in [0.1, 0.15) is 5.82 Å². The summed E-state index contributed by atoms with van der Waals surface area (Å²) in [6.07, 6.45) is 2.55. The van der Waals surface area contributed by atoms with Crippen molar-refractivity contribution >= 4 is 17.4 Å². The number of anilines is 1. The van der Waals surface area contributed by atoms with E-state index in [2.05, 4.69) is 29.1 Å². The number of nitrogens with zero attached hydrogens (tertiary/aromatic N) is 2. The second-order valence-corrected chi connectivity index (χ2v) is 4.66. The fourth-order valence-corrected chi connectivity index (χ4v) is 1.64. The molecule has 0 aliphatic heterocycles. The van der Waals surface area contributed by atoms with Gasteiger partial charge in [0.25, 0.3) is 0 Å². The van der Waals surface area contributed by atoms with E-state index >= 15 is 0 Å². The number of rotatable bonds is 5. The average Bonchev–Trinajstić information content (AvgIpc) is 2.21. The van der Waals surface area contributed by atoms with Gasteiger partial charge in [0.15, 0.2) is 0 Å². The van der Waals surface area contributed by atoms with Crippen LogP contribution in [0, 0.1) is 12.8 Å². The van der Waals surface area contributed by atoms with Crippen LogP contribution in [0.3, 0.4) is 0 Å². The summed E-state index contributed by atoms with van der Waals surface area (Å²) in [6, 6.07) is 0.00432. The summed E-state index contributed by atoms with van der Waals surface area (Å²) in [6.45, 7) is 6.22. The standard InChI is InChI=1S/C11H18ClN3O/c1-7(2)4-9(6-16)14-10-8(3)5-13-11(12)15-10/h5,7,9,16H,4,6H2,1-3H3,(H,13,14,15). The third kappa shape index (κ3) is 3.94. The minimum Gasteiger partial charge on any atom is -0.394 e. The molecular weight excluding hydrogens is 226 g/mol. The van der Waals surface area contributed by atoms with E-state index in [4.69, 9.17) is 11.6 Å². The molecule has 1 heterocycles. The van der Waals surface area contributed by atoms with E-state index in [1.165, 1.54) is 0 Å². The van der Waals surface area contributed by atoms with E-state index < -0.39 is 0 Å². The highest BCUT2D eigenvalue weighted by atomic mass is 35.5. The van der Waals surface area contributed by atoms with Crippen LogP contribution in [0.4, 0.5) is 5.82 Å². The maximum absolute atomic E-state index is 9.26. The Bertz CT molecular complexity index is 344. The predicted molar refractivity (Wildman–Crippen MR) is 65.7 cm³/mol. The normalized spacial score (nSPS) is 12.9. The fraction of sp³-hybridized carbons (Fsp3) is 0.636. The molecular formula is C11H18ClN3O.